The van der Waals surface area contributed by atoms with Crippen LogP contribution in [0.15, 0.2) is 82.5 Å². The Morgan fingerprint density at radius 1 is 0.909 bits per heavy atom. The summed E-state index contributed by atoms with van der Waals surface area (Å²) in [6.45, 7) is 0. The van der Waals surface area contributed by atoms with Crippen LogP contribution in [0, 0.1) is 0 Å². The van der Waals surface area contributed by atoms with E-state index < -0.39 is 27.3 Å². The van der Waals surface area contributed by atoms with Crippen LogP contribution in [0.5, 0.6) is 5.75 Å². The number of fused-ring (bicyclic) bond motifs is 1. The van der Waals surface area contributed by atoms with E-state index in [9.17, 15) is 26.4 Å². The molecule has 0 atom stereocenters. The smallest absolute Gasteiger partial charge is 0.416 e. The number of nitrogens with two attached hydrogens (primary N) is 1. The molecule has 0 aliphatic heterocycles. The molecule has 0 amide bonds. The lowest BCUT2D eigenvalue weighted by atomic mass is 10.0. The van der Waals surface area contributed by atoms with Crippen LogP contribution < -0.4 is 15.4 Å². The maximum Gasteiger partial charge on any atom is 0.416 e. The van der Waals surface area contributed by atoms with E-state index in [0.717, 1.165) is 12.1 Å². The first kappa shape index (κ1) is 22.6. The quantitative estimate of drug-likeness (QED) is 0.477. The van der Waals surface area contributed by atoms with E-state index in [1.54, 1.807) is 18.2 Å². The highest BCUT2D eigenvalue weighted by Gasteiger charge is 2.30. The molecular formula is C23H17F3N2O4S. The van der Waals surface area contributed by atoms with E-state index in [4.69, 9.17) is 9.88 Å². The van der Waals surface area contributed by atoms with Crippen molar-refractivity contribution in [2.24, 2.45) is 5.14 Å². The second kappa shape index (κ2) is 8.05. The van der Waals surface area contributed by atoms with Gasteiger partial charge in [-0.25, -0.2) is 13.6 Å². The summed E-state index contributed by atoms with van der Waals surface area (Å²) >= 11 is 0. The average Bonchev–Trinajstić information content (AvgIpc) is 2.77. The summed E-state index contributed by atoms with van der Waals surface area (Å²) in [4.78, 5) is 12.6. The molecule has 0 aliphatic carbocycles. The molecule has 6 nitrogen and oxygen atoms in total. The molecule has 0 unspecified atom stereocenters. The SMILES string of the molecule is COc1cc(-c2cccc(C(F)(F)F)c2)ccc1-n1c(=O)ccc2cc(S(N)(=O)=O)ccc21. The van der Waals surface area contributed by atoms with Gasteiger partial charge in [0.1, 0.15) is 5.75 Å². The first-order valence-electron chi connectivity index (χ1n) is 9.54. The Kier molecular flexibility index (Phi) is 5.51. The van der Waals surface area contributed by atoms with E-state index in [1.165, 1.54) is 54.1 Å². The fraction of sp³-hybridized carbons (Fsp3) is 0.0870. The molecule has 0 aliphatic rings. The molecule has 0 saturated carbocycles. The molecule has 1 aromatic heterocycles. The highest BCUT2D eigenvalue weighted by molar-refractivity contribution is 7.89. The number of benzene rings is 3. The summed E-state index contributed by atoms with van der Waals surface area (Å²) < 4.78 is 69.4. The molecular weight excluding hydrogens is 457 g/mol. The largest absolute Gasteiger partial charge is 0.495 e. The van der Waals surface area contributed by atoms with Gasteiger partial charge in [-0.3, -0.25) is 9.36 Å². The number of methoxy groups -OCH3 is 1. The standard InChI is InChI=1S/C23H17F3N2O4S/c1-32-21-13-15(14-3-2-4-17(11-14)23(24,25)26)5-8-20(21)28-19-9-7-18(33(27,30)31)12-16(19)6-10-22(28)29/h2-13H,1H3,(H2,27,30,31). The van der Waals surface area contributed by atoms with E-state index in [-0.39, 0.29) is 10.6 Å². The van der Waals surface area contributed by atoms with Gasteiger partial charge in [0, 0.05) is 11.5 Å². The molecule has 2 N–H and O–H groups in total. The minimum atomic E-state index is -4.48. The minimum Gasteiger partial charge on any atom is -0.495 e. The van der Waals surface area contributed by atoms with E-state index in [1.807, 2.05) is 0 Å². The van der Waals surface area contributed by atoms with Gasteiger partial charge in [-0.05, 0) is 59.7 Å². The summed E-state index contributed by atoms with van der Waals surface area (Å²) in [6.07, 6.45) is -4.48. The van der Waals surface area contributed by atoms with Crippen LogP contribution in [0.2, 0.25) is 0 Å². The topological polar surface area (TPSA) is 91.4 Å². The van der Waals surface area contributed by atoms with E-state index in [2.05, 4.69) is 0 Å². The van der Waals surface area contributed by atoms with Crippen molar-refractivity contribution in [1.82, 2.24) is 4.57 Å². The summed E-state index contributed by atoms with van der Waals surface area (Å²) in [5.74, 6) is 0.245. The van der Waals surface area contributed by atoms with Gasteiger partial charge >= 0.3 is 6.18 Å². The van der Waals surface area contributed by atoms with Crippen LogP contribution in [-0.4, -0.2) is 20.1 Å². The molecule has 0 saturated heterocycles. The lowest BCUT2D eigenvalue weighted by Gasteiger charge is -2.16. The maximum atomic E-state index is 13.1. The molecule has 0 spiro atoms. The monoisotopic (exact) mass is 474 g/mol. The molecule has 170 valence electrons. The number of nitrogens with zero attached hydrogens (tertiary/aromatic N) is 1. The summed E-state index contributed by atoms with van der Waals surface area (Å²) in [6, 6.07) is 16.4. The number of alkyl halides is 3. The predicted octanol–water partition coefficient (Wildman–Crippen LogP) is 4.33. The molecule has 0 fully saturated rings. The average molecular weight is 474 g/mol. The number of pyridine rings is 1. The minimum absolute atomic E-state index is 0.105. The fourth-order valence-electron chi connectivity index (χ4n) is 3.57. The lowest BCUT2D eigenvalue weighted by molar-refractivity contribution is -0.137. The van der Waals surface area contributed by atoms with E-state index >= 15 is 0 Å². The second-order valence-electron chi connectivity index (χ2n) is 7.24. The van der Waals surface area contributed by atoms with Gasteiger partial charge in [-0.1, -0.05) is 18.2 Å². The molecule has 0 bridgehead atoms. The van der Waals surface area contributed by atoms with Crippen molar-refractivity contribution in [1.29, 1.82) is 0 Å². The van der Waals surface area contributed by atoms with Crippen molar-refractivity contribution < 1.29 is 26.3 Å². The van der Waals surface area contributed by atoms with Crippen molar-refractivity contribution in [2.45, 2.75) is 11.1 Å². The number of aromatic nitrogens is 1. The van der Waals surface area contributed by atoms with Crippen molar-refractivity contribution in [3.63, 3.8) is 0 Å². The second-order valence-corrected chi connectivity index (χ2v) is 8.80. The zero-order valence-electron chi connectivity index (χ0n) is 17.1. The number of ether oxygens (including phenoxy) is 1. The summed E-state index contributed by atoms with van der Waals surface area (Å²) in [5.41, 5.74) is 0.353. The predicted molar refractivity (Wildman–Crippen MR) is 118 cm³/mol. The fourth-order valence-corrected chi connectivity index (χ4v) is 4.12. The zero-order chi connectivity index (χ0) is 24.0. The molecule has 4 rings (SSSR count). The van der Waals surface area contributed by atoms with Gasteiger partial charge in [0.05, 0.1) is 28.8 Å². The van der Waals surface area contributed by atoms with E-state index in [0.29, 0.717) is 27.7 Å². The summed E-state index contributed by atoms with van der Waals surface area (Å²) in [7, 11) is -2.56. The molecule has 3 aromatic carbocycles. The first-order valence-corrected chi connectivity index (χ1v) is 11.1. The Labute approximate surface area is 186 Å². The normalized spacial score (nSPS) is 12.2. The van der Waals surface area contributed by atoms with Gasteiger partial charge in [0.2, 0.25) is 10.0 Å². The highest BCUT2D eigenvalue weighted by atomic mass is 32.2. The number of halogens is 3. The van der Waals surface area contributed by atoms with Crippen molar-refractivity contribution in [2.75, 3.05) is 7.11 Å². The Morgan fingerprint density at radius 3 is 2.30 bits per heavy atom. The van der Waals surface area contributed by atoms with Crippen molar-refractivity contribution in [3.8, 4) is 22.6 Å². The number of rotatable bonds is 4. The van der Waals surface area contributed by atoms with Crippen molar-refractivity contribution in [3.05, 3.63) is 88.7 Å². The number of sulfonamides is 1. The van der Waals surface area contributed by atoms with Gasteiger partial charge in [0.25, 0.3) is 5.56 Å². The third-order valence-electron chi connectivity index (χ3n) is 5.14. The summed E-state index contributed by atoms with van der Waals surface area (Å²) in [5, 5.41) is 5.64. The van der Waals surface area contributed by atoms with Crippen LogP contribution in [0.4, 0.5) is 13.2 Å². The van der Waals surface area contributed by atoms with Crippen LogP contribution >= 0.6 is 0 Å². The number of primary sulfonamides is 1. The van der Waals surface area contributed by atoms with Gasteiger partial charge in [-0.2, -0.15) is 13.2 Å². The van der Waals surface area contributed by atoms with Crippen LogP contribution in [0.3, 0.4) is 0 Å². The number of hydrogen-bond donors (Lipinski definition) is 1. The van der Waals surface area contributed by atoms with Gasteiger partial charge in [-0.15, -0.1) is 0 Å². The maximum absolute atomic E-state index is 13.1. The molecule has 4 aromatic rings. The third kappa shape index (κ3) is 4.35. The zero-order valence-corrected chi connectivity index (χ0v) is 17.9. The van der Waals surface area contributed by atoms with Crippen LogP contribution in [-0.2, 0) is 16.2 Å². The first-order chi connectivity index (χ1) is 15.5. The Bertz CT molecular complexity index is 1540. The molecule has 0 radical (unpaired) electrons. The van der Waals surface area contributed by atoms with Gasteiger partial charge in [0.15, 0.2) is 0 Å². The van der Waals surface area contributed by atoms with Gasteiger partial charge < -0.3 is 4.74 Å². The molecule has 33 heavy (non-hydrogen) atoms. The third-order valence-corrected chi connectivity index (χ3v) is 6.05. The highest BCUT2D eigenvalue weighted by Crippen LogP contribution is 2.35. The molecule has 10 heteroatoms. The van der Waals surface area contributed by atoms with Crippen molar-refractivity contribution >= 4 is 20.9 Å². The number of hydrogen-bond acceptors (Lipinski definition) is 4. The molecule has 1 heterocycles. The van der Waals surface area contributed by atoms with Crippen LogP contribution in [0.1, 0.15) is 5.56 Å². The Hall–Kier alpha value is -3.63. The van der Waals surface area contributed by atoms with Crippen LogP contribution in [0.25, 0.3) is 27.7 Å². The Morgan fingerprint density at radius 2 is 1.64 bits per heavy atom. The Balaban J connectivity index is 1.89. The lowest BCUT2D eigenvalue weighted by Crippen LogP contribution is -2.18.